The van der Waals surface area contributed by atoms with Crippen LogP contribution >= 0.6 is 0 Å². The summed E-state index contributed by atoms with van der Waals surface area (Å²) in [5.41, 5.74) is 1.39. The number of carbonyl (C=O) groups excluding carboxylic acids is 2. The lowest BCUT2D eigenvalue weighted by molar-refractivity contribution is -0.132. The van der Waals surface area contributed by atoms with Gasteiger partial charge in [0.1, 0.15) is 0 Å². The molecule has 1 heterocycles. The number of hydrogen-bond donors (Lipinski definition) is 1. The molecule has 25 heavy (non-hydrogen) atoms. The second-order valence-corrected chi connectivity index (χ2v) is 6.47. The highest BCUT2D eigenvalue weighted by Crippen LogP contribution is 2.33. The Balaban J connectivity index is 1.57. The van der Waals surface area contributed by atoms with Crippen LogP contribution in [0.2, 0.25) is 0 Å². The normalized spacial score (nSPS) is 15.1. The number of fused-ring (bicyclic) bond motifs is 1. The first-order valence-corrected chi connectivity index (χ1v) is 8.84. The van der Waals surface area contributed by atoms with Gasteiger partial charge in [0.05, 0.1) is 0 Å². The number of likely N-dealkylation sites (tertiary alicyclic amines) is 1. The number of rotatable bonds is 5. The SMILES string of the molecule is C=CC(=O)NCCC(=O)N1CCC(c2cccc3ccccc23)CC1. The van der Waals surface area contributed by atoms with Crippen molar-refractivity contribution in [2.24, 2.45) is 0 Å². The maximum Gasteiger partial charge on any atom is 0.243 e. The van der Waals surface area contributed by atoms with Crippen LogP contribution in [0.3, 0.4) is 0 Å². The molecule has 1 aliphatic rings. The van der Waals surface area contributed by atoms with E-state index >= 15 is 0 Å². The van der Waals surface area contributed by atoms with Crippen molar-refractivity contribution in [1.29, 1.82) is 0 Å². The van der Waals surface area contributed by atoms with Gasteiger partial charge in [0.25, 0.3) is 0 Å². The van der Waals surface area contributed by atoms with Gasteiger partial charge in [-0.05, 0) is 41.2 Å². The van der Waals surface area contributed by atoms with Crippen LogP contribution in [0, 0.1) is 0 Å². The largest absolute Gasteiger partial charge is 0.352 e. The first kappa shape index (κ1) is 17.2. The van der Waals surface area contributed by atoms with Crippen LogP contribution in [-0.4, -0.2) is 36.3 Å². The van der Waals surface area contributed by atoms with Gasteiger partial charge in [0.15, 0.2) is 0 Å². The van der Waals surface area contributed by atoms with Gasteiger partial charge in [0, 0.05) is 26.1 Å². The van der Waals surface area contributed by atoms with E-state index in [4.69, 9.17) is 0 Å². The smallest absolute Gasteiger partial charge is 0.243 e. The molecule has 2 aromatic rings. The summed E-state index contributed by atoms with van der Waals surface area (Å²) in [7, 11) is 0. The van der Waals surface area contributed by atoms with E-state index in [1.54, 1.807) is 0 Å². The molecule has 0 spiro atoms. The zero-order valence-corrected chi connectivity index (χ0v) is 14.4. The molecule has 1 N–H and O–H groups in total. The van der Waals surface area contributed by atoms with Crippen molar-refractivity contribution in [3.05, 3.63) is 60.7 Å². The number of carbonyl (C=O) groups is 2. The van der Waals surface area contributed by atoms with Crippen molar-refractivity contribution in [1.82, 2.24) is 10.2 Å². The van der Waals surface area contributed by atoms with Crippen molar-refractivity contribution >= 4 is 22.6 Å². The van der Waals surface area contributed by atoms with E-state index < -0.39 is 0 Å². The van der Waals surface area contributed by atoms with Gasteiger partial charge in [-0.1, -0.05) is 49.0 Å². The zero-order valence-electron chi connectivity index (χ0n) is 14.4. The Labute approximate surface area is 148 Å². The molecule has 1 aliphatic heterocycles. The molecule has 2 aromatic carbocycles. The third kappa shape index (κ3) is 4.08. The number of amides is 2. The van der Waals surface area contributed by atoms with E-state index in [1.807, 2.05) is 4.90 Å². The average molecular weight is 336 g/mol. The molecule has 0 unspecified atom stereocenters. The molecule has 3 rings (SSSR count). The van der Waals surface area contributed by atoms with Gasteiger partial charge >= 0.3 is 0 Å². The summed E-state index contributed by atoms with van der Waals surface area (Å²) in [4.78, 5) is 25.3. The first-order chi connectivity index (χ1) is 12.2. The predicted octanol–water partition coefficient (Wildman–Crippen LogP) is 3.24. The molecule has 0 atom stereocenters. The Morgan fingerprint density at radius 2 is 1.84 bits per heavy atom. The monoisotopic (exact) mass is 336 g/mol. The summed E-state index contributed by atoms with van der Waals surface area (Å²) in [6.07, 6.45) is 3.54. The van der Waals surface area contributed by atoms with Crippen LogP contribution in [-0.2, 0) is 9.59 Å². The van der Waals surface area contributed by atoms with Crippen molar-refractivity contribution in [2.45, 2.75) is 25.2 Å². The topological polar surface area (TPSA) is 49.4 Å². The van der Waals surface area contributed by atoms with E-state index in [9.17, 15) is 9.59 Å². The van der Waals surface area contributed by atoms with Crippen LogP contribution in [0.5, 0.6) is 0 Å². The quantitative estimate of drug-likeness (QED) is 0.852. The lowest BCUT2D eigenvalue weighted by Crippen LogP contribution is -2.39. The van der Waals surface area contributed by atoms with Crippen LogP contribution in [0.1, 0.15) is 30.7 Å². The van der Waals surface area contributed by atoms with E-state index in [-0.39, 0.29) is 11.8 Å². The number of benzene rings is 2. The fourth-order valence-electron chi connectivity index (χ4n) is 3.57. The summed E-state index contributed by atoms with van der Waals surface area (Å²) >= 11 is 0. The summed E-state index contributed by atoms with van der Waals surface area (Å²) in [5.74, 6) is 0.374. The molecule has 0 aromatic heterocycles. The van der Waals surface area contributed by atoms with Gasteiger partial charge in [-0.15, -0.1) is 0 Å². The second kappa shape index (κ2) is 7.97. The number of nitrogens with one attached hydrogen (secondary N) is 1. The van der Waals surface area contributed by atoms with Gasteiger partial charge in [-0.2, -0.15) is 0 Å². The van der Waals surface area contributed by atoms with Gasteiger partial charge < -0.3 is 10.2 Å². The zero-order chi connectivity index (χ0) is 17.6. The molecule has 1 fully saturated rings. The van der Waals surface area contributed by atoms with Crippen molar-refractivity contribution in [2.75, 3.05) is 19.6 Å². The second-order valence-electron chi connectivity index (χ2n) is 6.47. The van der Waals surface area contributed by atoms with E-state index in [0.29, 0.717) is 18.9 Å². The van der Waals surface area contributed by atoms with Gasteiger partial charge in [-0.3, -0.25) is 9.59 Å². The molecule has 2 amide bonds. The average Bonchev–Trinajstić information content (AvgIpc) is 2.67. The number of hydrogen-bond acceptors (Lipinski definition) is 2. The van der Waals surface area contributed by atoms with Gasteiger partial charge in [-0.25, -0.2) is 0 Å². The Bertz CT molecular complexity index is 771. The molecule has 0 aliphatic carbocycles. The predicted molar refractivity (Wildman–Crippen MR) is 100 cm³/mol. The highest BCUT2D eigenvalue weighted by Gasteiger charge is 2.24. The van der Waals surface area contributed by atoms with Gasteiger partial charge in [0.2, 0.25) is 11.8 Å². The Hall–Kier alpha value is -2.62. The minimum atomic E-state index is -0.234. The maximum absolute atomic E-state index is 12.3. The first-order valence-electron chi connectivity index (χ1n) is 8.84. The maximum atomic E-state index is 12.3. The minimum Gasteiger partial charge on any atom is -0.352 e. The van der Waals surface area contributed by atoms with E-state index in [2.05, 4.69) is 54.4 Å². The molecular weight excluding hydrogens is 312 g/mol. The molecule has 130 valence electrons. The summed E-state index contributed by atoms with van der Waals surface area (Å²) in [6.45, 7) is 5.33. The standard InChI is InChI=1S/C21H24N2O2/c1-2-20(24)22-13-10-21(25)23-14-11-17(12-15-23)19-9-5-7-16-6-3-4-8-18(16)19/h2-9,17H,1,10-15H2,(H,22,24). The fraction of sp³-hybridized carbons (Fsp3) is 0.333. The lowest BCUT2D eigenvalue weighted by atomic mass is 9.86. The third-order valence-electron chi connectivity index (χ3n) is 4.93. The van der Waals surface area contributed by atoms with Crippen LogP contribution in [0.25, 0.3) is 10.8 Å². The summed E-state index contributed by atoms with van der Waals surface area (Å²) < 4.78 is 0. The molecule has 0 saturated carbocycles. The summed E-state index contributed by atoms with van der Waals surface area (Å²) in [6, 6.07) is 15.0. The van der Waals surface area contributed by atoms with Crippen LogP contribution < -0.4 is 5.32 Å². The summed E-state index contributed by atoms with van der Waals surface area (Å²) in [5, 5.41) is 5.25. The minimum absolute atomic E-state index is 0.112. The molecule has 4 heteroatoms. The molecule has 0 radical (unpaired) electrons. The lowest BCUT2D eigenvalue weighted by Gasteiger charge is -2.33. The highest BCUT2D eigenvalue weighted by atomic mass is 16.2. The molecular formula is C21H24N2O2. The highest BCUT2D eigenvalue weighted by molar-refractivity contribution is 5.87. The van der Waals surface area contributed by atoms with Crippen molar-refractivity contribution < 1.29 is 9.59 Å². The number of nitrogens with zero attached hydrogens (tertiary/aromatic N) is 1. The van der Waals surface area contributed by atoms with E-state index in [1.165, 1.54) is 22.4 Å². The molecule has 1 saturated heterocycles. The molecule has 4 nitrogen and oxygen atoms in total. The van der Waals surface area contributed by atoms with Crippen LogP contribution in [0.4, 0.5) is 0 Å². The van der Waals surface area contributed by atoms with Crippen molar-refractivity contribution in [3.63, 3.8) is 0 Å². The van der Waals surface area contributed by atoms with Crippen molar-refractivity contribution in [3.8, 4) is 0 Å². The Morgan fingerprint density at radius 1 is 1.12 bits per heavy atom. The Morgan fingerprint density at radius 3 is 2.60 bits per heavy atom. The molecule has 0 bridgehead atoms. The number of piperidine rings is 1. The van der Waals surface area contributed by atoms with Crippen LogP contribution in [0.15, 0.2) is 55.1 Å². The fourth-order valence-corrected chi connectivity index (χ4v) is 3.57. The third-order valence-corrected chi connectivity index (χ3v) is 4.93. The van der Waals surface area contributed by atoms with E-state index in [0.717, 1.165) is 25.9 Å². The Kier molecular flexibility index (Phi) is 5.49.